The minimum atomic E-state index is -1.02. The van der Waals surface area contributed by atoms with Crippen molar-refractivity contribution in [1.82, 2.24) is 0 Å². The number of carboxylic acid groups (broad SMARTS) is 1. The maximum Gasteiger partial charge on any atom is 0.307 e. The van der Waals surface area contributed by atoms with Crippen LogP contribution in [0.15, 0.2) is 85.0 Å². The van der Waals surface area contributed by atoms with Gasteiger partial charge in [0, 0.05) is 30.0 Å². The first-order valence-electron chi connectivity index (χ1n) is 11.7. The van der Waals surface area contributed by atoms with Crippen molar-refractivity contribution in [2.75, 3.05) is 11.2 Å². The summed E-state index contributed by atoms with van der Waals surface area (Å²) < 4.78 is 0. The molecule has 2 N–H and O–H groups in total. The molecule has 0 heterocycles. The van der Waals surface area contributed by atoms with Crippen molar-refractivity contribution in [2.24, 2.45) is 5.92 Å². The molecule has 0 saturated heterocycles. The molecule has 2 aromatic carbocycles. The van der Waals surface area contributed by atoms with E-state index in [0.717, 1.165) is 35.2 Å². The third-order valence-electron chi connectivity index (χ3n) is 5.48. The van der Waals surface area contributed by atoms with Gasteiger partial charge in [-0.25, -0.2) is 0 Å². The highest BCUT2D eigenvalue weighted by molar-refractivity contribution is 6.18. The Bertz CT molecular complexity index is 1070. The summed E-state index contributed by atoms with van der Waals surface area (Å²) in [6, 6.07) is 14.6. The summed E-state index contributed by atoms with van der Waals surface area (Å²) in [6.45, 7) is 5.70. The van der Waals surface area contributed by atoms with Gasteiger partial charge in [-0.15, -0.1) is 11.6 Å². The summed E-state index contributed by atoms with van der Waals surface area (Å²) in [5.41, 5.74) is 3.82. The monoisotopic (exact) mass is 493 g/mol. The van der Waals surface area contributed by atoms with Crippen LogP contribution in [0.4, 0.5) is 5.69 Å². The zero-order valence-electron chi connectivity index (χ0n) is 20.0. The number of nitrogens with one attached hydrogen (secondary N) is 1. The van der Waals surface area contributed by atoms with Gasteiger partial charge in [0.25, 0.3) is 0 Å². The lowest BCUT2D eigenvalue weighted by molar-refractivity contribution is -0.141. The lowest BCUT2D eigenvalue weighted by atomic mass is 9.91. The van der Waals surface area contributed by atoms with Crippen LogP contribution in [0.1, 0.15) is 49.4 Å². The first-order valence-corrected chi connectivity index (χ1v) is 12.2. The molecule has 2 aromatic rings. The van der Waals surface area contributed by atoms with E-state index in [1.165, 1.54) is 0 Å². The standard InChI is InChI=1S/C29H32ClNO4/c1-3-5-9-28(33)31-26-16-14-23(15-17-26)22-10-12-24(13-11-22)27(32)20-25(29(34)35)19-21(7-4-2)8-6-18-30/h4,6-8,10-17,25H,2-3,5,9,18-20H2,1H3,(H,31,33)(H,34,35)/b8-6-,21-7+. The predicted molar refractivity (Wildman–Crippen MR) is 143 cm³/mol. The van der Waals surface area contributed by atoms with Crippen molar-refractivity contribution in [1.29, 1.82) is 0 Å². The smallest absolute Gasteiger partial charge is 0.307 e. The van der Waals surface area contributed by atoms with Gasteiger partial charge >= 0.3 is 5.97 Å². The summed E-state index contributed by atoms with van der Waals surface area (Å²) >= 11 is 5.68. The second-order valence-corrected chi connectivity index (χ2v) is 8.52. The molecule has 0 bridgehead atoms. The number of carbonyl (C=O) groups excluding carboxylic acids is 2. The average Bonchev–Trinajstić information content (AvgIpc) is 2.86. The van der Waals surface area contributed by atoms with Crippen molar-refractivity contribution in [3.8, 4) is 11.1 Å². The number of hydrogen-bond donors (Lipinski definition) is 2. The molecule has 1 unspecified atom stereocenters. The zero-order chi connectivity index (χ0) is 25.6. The van der Waals surface area contributed by atoms with Crippen LogP contribution in [-0.2, 0) is 9.59 Å². The van der Waals surface area contributed by atoms with Gasteiger partial charge in [0.1, 0.15) is 0 Å². The van der Waals surface area contributed by atoms with Crippen LogP contribution >= 0.6 is 11.6 Å². The SMILES string of the molecule is C=C/C=C(\C=C/CCl)CC(CC(=O)c1ccc(-c2ccc(NC(=O)CCCC)cc2)cc1)C(=O)O. The molecule has 5 nitrogen and oxygen atoms in total. The fourth-order valence-corrected chi connectivity index (χ4v) is 3.66. The topological polar surface area (TPSA) is 83.5 Å². The predicted octanol–water partition coefficient (Wildman–Crippen LogP) is 7.05. The molecular formula is C29H32ClNO4. The third kappa shape index (κ3) is 9.38. The van der Waals surface area contributed by atoms with Crippen LogP contribution in [0.25, 0.3) is 11.1 Å². The van der Waals surface area contributed by atoms with E-state index in [2.05, 4.69) is 11.9 Å². The van der Waals surface area contributed by atoms with E-state index in [0.29, 0.717) is 17.9 Å². The summed E-state index contributed by atoms with van der Waals surface area (Å²) in [7, 11) is 0. The number of alkyl halides is 1. The molecule has 0 aliphatic carbocycles. The Morgan fingerprint density at radius 1 is 1.03 bits per heavy atom. The van der Waals surface area contributed by atoms with Gasteiger partial charge < -0.3 is 10.4 Å². The maximum absolute atomic E-state index is 12.8. The minimum absolute atomic E-state index is 0.00399. The number of halogens is 1. The molecule has 35 heavy (non-hydrogen) atoms. The van der Waals surface area contributed by atoms with E-state index in [1.807, 2.05) is 43.3 Å². The Morgan fingerprint density at radius 2 is 1.66 bits per heavy atom. The summed E-state index contributed by atoms with van der Waals surface area (Å²) in [5.74, 6) is -1.79. The fraction of sp³-hybridized carbons (Fsp3) is 0.276. The number of allylic oxidation sites excluding steroid dienone is 5. The first kappa shape index (κ1) is 27.8. The zero-order valence-corrected chi connectivity index (χ0v) is 20.8. The van der Waals surface area contributed by atoms with E-state index < -0.39 is 11.9 Å². The maximum atomic E-state index is 12.8. The molecule has 0 radical (unpaired) electrons. The highest BCUT2D eigenvalue weighted by Gasteiger charge is 2.23. The Kier molecular flexibility index (Phi) is 11.7. The van der Waals surface area contributed by atoms with E-state index in [1.54, 1.807) is 36.4 Å². The van der Waals surface area contributed by atoms with Crippen molar-refractivity contribution >= 4 is 34.9 Å². The van der Waals surface area contributed by atoms with Gasteiger partial charge in [-0.05, 0) is 41.7 Å². The Balaban J connectivity index is 2.05. The summed E-state index contributed by atoms with van der Waals surface area (Å²) in [6.07, 6.45) is 9.23. The number of rotatable bonds is 14. The largest absolute Gasteiger partial charge is 0.481 e. The van der Waals surface area contributed by atoms with Crippen molar-refractivity contribution in [3.05, 3.63) is 90.6 Å². The first-order chi connectivity index (χ1) is 16.9. The molecule has 1 amide bonds. The number of amides is 1. The van der Waals surface area contributed by atoms with Crippen molar-refractivity contribution in [2.45, 2.75) is 39.0 Å². The van der Waals surface area contributed by atoms with Gasteiger partial charge in [-0.2, -0.15) is 0 Å². The molecule has 6 heteroatoms. The second-order valence-electron chi connectivity index (χ2n) is 8.21. The molecule has 1 atom stereocenters. The number of benzene rings is 2. The normalized spacial score (nSPS) is 12.3. The quantitative estimate of drug-likeness (QED) is 0.168. The number of carboxylic acids is 1. The number of anilines is 1. The van der Waals surface area contributed by atoms with Gasteiger partial charge in [-0.1, -0.05) is 80.6 Å². The number of carbonyl (C=O) groups is 3. The lowest BCUT2D eigenvalue weighted by Crippen LogP contribution is -2.18. The number of Topliss-reactive ketones (excluding diaryl/α,β-unsaturated/α-hetero) is 1. The molecule has 184 valence electrons. The average molecular weight is 494 g/mol. The second kappa shape index (κ2) is 14.7. The summed E-state index contributed by atoms with van der Waals surface area (Å²) in [5, 5.41) is 12.5. The Morgan fingerprint density at radius 3 is 2.20 bits per heavy atom. The van der Waals surface area contributed by atoms with Crippen molar-refractivity contribution < 1.29 is 19.5 Å². The van der Waals surface area contributed by atoms with Crippen LogP contribution in [-0.4, -0.2) is 28.6 Å². The molecular weight excluding hydrogens is 462 g/mol. The molecule has 0 aliphatic rings. The van der Waals surface area contributed by atoms with E-state index in [4.69, 9.17) is 11.6 Å². The lowest BCUT2D eigenvalue weighted by Gasteiger charge is -2.13. The number of unbranched alkanes of at least 4 members (excludes halogenated alkanes) is 1. The van der Waals surface area contributed by atoms with Gasteiger partial charge in [0.2, 0.25) is 5.91 Å². The van der Waals surface area contributed by atoms with E-state index in [9.17, 15) is 19.5 Å². The van der Waals surface area contributed by atoms with Gasteiger partial charge in [-0.3, -0.25) is 14.4 Å². The highest BCUT2D eigenvalue weighted by atomic mass is 35.5. The Labute approximate surface area is 212 Å². The molecule has 0 aromatic heterocycles. The summed E-state index contributed by atoms with van der Waals surface area (Å²) in [4.78, 5) is 36.5. The van der Waals surface area contributed by atoms with Crippen LogP contribution in [0.2, 0.25) is 0 Å². The van der Waals surface area contributed by atoms with Crippen LogP contribution in [0.3, 0.4) is 0 Å². The third-order valence-corrected chi connectivity index (χ3v) is 5.66. The number of aliphatic carboxylic acids is 1. The molecule has 0 spiro atoms. The fourth-order valence-electron chi connectivity index (χ4n) is 3.57. The number of hydrogen-bond acceptors (Lipinski definition) is 3. The molecule has 0 aliphatic heterocycles. The Hall–Kier alpha value is -3.44. The number of ketones is 1. The van der Waals surface area contributed by atoms with Crippen molar-refractivity contribution in [3.63, 3.8) is 0 Å². The van der Waals surface area contributed by atoms with Crippen LogP contribution in [0.5, 0.6) is 0 Å². The van der Waals surface area contributed by atoms with Gasteiger partial charge in [0.15, 0.2) is 5.78 Å². The van der Waals surface area contributed by atoms with Crippen LogP contribution in [0, 0.1) is 5.92 Å². The molecule has 2 rings (SSSR count). The highest BCUT2D eigenvalue weighted by Crippen LogP contribution is 2.24. The van der Waals surface area contributed by atoms with Gasteiger partial charge in [0.05, 0.1) is 5.92 Å². The minimum Gasteiger partial charge on any atom is -0.481 e. The molecule has 0 fully saturated rings. The molecule has 0 saturated carbocycles. The van der Waals surface area contributed by atoms with E-state index in [-0.39, 0.29) is 24.5 Å². The van der Waals surface area contributed by atoms with E-state index >= 15 is 0 Å². The van der Waals surface area contributed by atoms with Crippen LogP contribution < -0.4 is 5.32 Å².